The Balaban J connectivity index is 2.38. The molecule has 12 heavy (non-hydrogen) atoms. The van der Waals surface area contributed by atoms with Gasteiger partial charge in [0.25, 0.3) is 0 Å². The third-order valence-corrected chi connectivity index (χ3v) is 2.74. The number of nitrogens with zero attached hydrogens (tertiary/aromatic N) is 1. The molecule has 0 saturated heterocycles. The summed E-state index contributed by atoms with van der Waals surface area (Å²) in [6, 6.07) is 0. The van der Waals surface area contributed by atoms with E-state index < -0.39 is 0 Å². The Morgan fingerprint density at radius 1 is 1.25 bits per heavy atom. The molecule has 2 rings (SSSR count). The highest BCUT2D eigenvalue weighted by Gasteiger charge is 2.18. The van der Waals surface area contributed by atoms with Crippen LogP contribution in [-0.2, 0) is 0 Å². The van der Waals surface area contributed by atoms with E-state index >= 15 is 0 Å². The van der Waals surface area contributed by atoms with E-state index in [1.807, 2.05) is 0 Å². The van der Waals surface area contributed by atoms with Crippen molar-refractivity contribution in [2.75, 3.05) is 7.05 Å². The molecule has 0 N–H and O–H groups in total. The van der Waals surface area contributed by atoms with E-state index in [1.54, 1.807) is 11.3 Å². The fourth-order valence-electron chi connectivity index (χ4n) is 2.03. The molecule has 64 valence electrons. The van der Waals surface area contributed by atoms with Gasteiger partial charge in [0, 0.05) is 18.4 Å². The number of hydrogen-bond acceptors (Lipinski definition) is 0. The normalized spacial score (nSPS) is 23.2. The lowest BCUT2D eigenvalue weighted by atomic mass is 9.96. The Bertz CT molecular complexity index is 269. The van der Waals surface area contributed by atoms with Crippen molar-refractivity contribution >= 4 is 6.21 Å². The molecule has 0 aromatic carbocycles. The van der Waals surface area contributed by atoms with Crippen LogP contribution in [0.2, 0.25) is 0 Å². The minimum absolute atomic E-state index is 1.09. The van der Waals surface area contributed by atoms with Gasteiger partial charge in [0.1, 0.15) is 13.3 Å². The van der Waals surface area contributed by atoms with E-state index in [2.05, 4.69) is 30.0 Å². The Morgan fingerprint density at radius 3 is 3.00 bits per heavy atom. The smallest absolute Gasteiger partial charge is 0.183 e. The summed E-state index contributed by atoms with van der Waals surface area (Å²) in [7, 11) is 2.17. The van der Waals surface area contributed by atoms with E-state index in [0.717, 1.165) is 6.42 Å². The SMILES string of the molecule is C[N+]1=CCC=CC2=C1CCCC2. The summed E-state index contributed by atoms with van der Waals surface area (Å²) in [4.78, 5) is 0. The number of rotatable bonds is 0. The minimum Gasteiger partial charge on any atom is -0.208 e. The Labute approximate surface area is 74.1 Å². The molecule has 0 fully saturated rings. The highest BCUT2D eigenvalue weighted by Crippen LogP contribution is 2.26. The summed E-state index contributed by atoms with van der Waals surface area (Å²) in [5, 5.41) is 0. The lowest BCUT2D eigenvalue weighted by Crippen LogP contribution is -2.10. The maximum Gasteiger partial charge on any atom is 0.183 e. The minimum atomic E-state index is 1.09. The van der Waals surface area contributed by atoms with Gasteiger partial charge < -0.3 is 0 Å². The molecule has 1 heterocycles. The first-order valence-electron chi connectivity index (χ1n) is 4.82. The topological polar surface area (TPSA) is 3.01 Å². The summed E-state index contributed by atoms with van der Waals surface area (Å²) < 4.78 is 2.31. The van der Waals surface area contributed by atoms with Crippen LogP contribution < -0.4 is 0 Å². The van der Waals surface area contributed by atoms with Gasteiger partial charge in [-0.25, -0.2) is 4.58 Å². The second-order valence-corrected chi connectivity index (χ2v) is 3.61. The van der Waals surface area contributed by atoms with Crippen molar-refractivity contribution in [1.29, 1.82) is 0 Å². The summed E-state index contributed by atoms with van der Waals surface area (Å²) in [6.07, 6.45) is 13.2. The zero-order valence-electron chi connectivity index (χ0n) is 7.71. The second-order valence-electron chi connectivity index (χ2n) is 3.61. The predicted molar refractivity (Wildman–Crippen MR) is 51.5 cm³/mol. The molecule has 1 aliphatic carbocycles. The van der Waals surface area contributed by atoms with E-state index in [1.165, 1.54) is 25.7 Å². The van der Waals surface area contributed by atoms with Gasteiger partial charge in [-0.15, -0.1) is 0 Å². The first-order valence-corrected chi connectivity index (χ1v) is 4.82. The molecule has 0 spiro atoms. The lowest BCUT2D eigenvalue weighted by molar-refractivity contribution is -0.444. The van der Waals surface area contributed by atoms with Crippen LogP contribution >= 0.6 is 0 Å². The van der Waals surface area contributed by atoms with E-state index in [-0.39, 0.29) is 0 Å². The highest BCUT2D eigenvalue weighted by atomic mass is 15.0. The van der Waals surface area contributed by atoms with Crippen molar-refractivity contribution < 1.29 is 4.58 Å². The third-order valence-electron chi connectivity index (χ3n) is 2.74. The molecule has 0 bridgehead atoms. The molecule has 0 amide bonds. The molecule has 0 radical (unpaired) electrons. The van der Waals surface area contributed by atoms with Gasteiger partial charge in [-0.1, -0.05) is 12.2 Å². The van der Waals surface area contributed by atoms with Crippen LogP contribution in [0.3, 0.4) is 0 Å². The third kappa shape index (κ3) is 1.36. The fraction of sp³-hybridized carbons (Fsp3) is 0.545. The van der Waals surface area contributed by atoms with E-state index in [9.17, 15) is 0 Å². The van der Waals surface area contributed by atoms with Gasteiger partial charge in [-0.05, 0) is 19.3 Å². The first kappa shape index (κ1) is 7.78. The van der Waals surface area contributed by atoms with Crippen LogP contribution in [-0.4, -0.2) is 17.8 Å². The average Bonchev–Trinajstić information content (AvgIpc) is 2.29. The average molecular weight is 162 g/mol. The van der Waals surface area contributed by atoms with Crippen LogP contribution in [0.1, 0.15) is 32.1 Å². The summed E-state index contributed by atoms with van der Waals surface area (Å²) in [5.74, 6) is 0. The molecule has 1 aliphatic heterocycles. The second kappa shape index (κ2) is 3.26. The van der Waals surface area contributed by atoms with Crippen LogP contribution in [0.25, 0.3) is 0 Å². The van der Waals surface area contributed by atoms with Crippen LogP contribution in [0, 0.1) is 0 Å². The fourth-order valence-corrected chi connectivity index (χ4v) is 2.03. The Morgan fingerprint density at radius 2 is 2.08 bits per heavy atom. The quantitative estimate of drug-likeness (QED) is 0.481. The maximum absolute atomic E-state index is 2.31. The van der Waals surface area contributed by atoms with Crippen molar-refractivity contribution in [3.8, 4) is 0 Å². The largest absolute Gasteiger partial charge is 0.208 e. The zero-order chi connectivity index (χ0) is 8.39. The van der Waals surface area contributed by atoms with Crippen LogP contribution in [0.4, 0.5) is 0 Å². The van der Waals surface area contributed by atoms with Gasteiger partial charge in [-0.3, -0.25) is 0 Å². The van der Waals surface area contributed by atoms with Crippen molar-refractivity contribution in [3.63, 3.8) is 0 Å². The predicted octanol–water partition coefficient (Wildman–Crippen LogP) is 2.49. The Kier molecular flexibility index (Phi) is 2.11. The highest BCUT2D eigenvalue weighted by molar-refractivity contribution is 5.56. The van der Waals surface area contributed by atoms with Gasteiger partial charge in [0.2, 0.25) is 0 Å². The number of allylic oxidation sites excluding steroid dienone is 4. The summed E-state index contributed by atoms with van der Waals surface area (Å²) >= 11 is 0. The molecule has 1 heteroatoms. The molecule has 2 aliphatic rings. The molecule has 0 saturated carbocycles. The summed E-state index contributed by atoms with van der Waals surface area (Å²) in [6.45, 7) is 0. The standard InChI is InChI=1S/C11H16N/c1-12-9-5-4-7-10-6-2-3-8-11(10)12/h4,7,9H,2-3,5-6,8H2,1H3/q+1. The molecule has 0 unspecified atom stereocenters. The molecule has 0 aromatic rings. The zero-order valence-corrected chi connectivity index (χ0v) is 7.71. The number of hydrogen-bond donors (Lipinski definition) is 0. The van der Waals surface area contributed by atoms with Crippen LogP contribution in [0.5, 0.6) is 0 Å². The first-order chi connectivity index (χ1) is 5.88. The van der Waals surface area contributed by atoms with Crippen molar-refractivity contribution in [2.24, 2.45) is 0 Å². The monoisotopic (exact) mass is 162 g/mol. The summed E-state index contributed by atoms with van der Waals surface area (Å²) in [5.41, 5.74) is 3.12. The van der Waals surface area contributed by atoms with Gasteiger partial charge in [0.15, 0.2) is 5.70 Å². The molecular weight excluding hydrogens is 146 g/mol. The van der Waals surface area contributed by atoms with Crippen LogP contribution in [0.15, 0.2) is 23.4 Å². The molecular formula is C11H16N+. The molecule has 1 nitrogen and oxygen atoms in total. The Hall–Kier alpha value is -0.850. The van der Waals surface area contributed by atoms with Gasteiger partial charge in [-0.2, -0.15) is 0 Å². The molecule has 0 atom stereocenters. The van der Waals surface area contributed by atoms with Crippen molar-refractivity contribution in [2.45, 2.75) is 32.1 Å². The maximum atomic E-state index is 2.31. The molecule has 0 aromatic heterocycles. The lowest BCUT2D eigenvalue weighted by Gasteiger charge is -2.12. The van der Waals surface area contributed by atoms with E-state index in [0.29, 0.717) is 0 Å². The van der Waals surface area contributed by atoms with Crippen molar-refractivity contribution in [1.82, 2.24) is 0 Å². The van der Waals surface area contributed by atoms with E-state index in [4.69, 9.17) is 0 Å². The van der Waals surface area contributed by atoms with Crippen molar-refractivity contribution in [3.05, 3.63) is 23.4 Å². The van der Waals surface area contributed by atoms with Gasteiger partial charge >= 0.3 is 0 Å². The van der Waals surface area contributed by atoms with Gasteiger partial charge in [0.05, 0.1) is 0 Å².